The van der Waals surface area contributed by atoms with Crippen LogP contribution in [-0.4, -0.2) is 20.9 Å². The molecule has 0 saturated carbocycles. The van der Waals surface area contributed by atoms with Crippen molar-refractivity contribution in [3.05, 3.63) is 17.0 Å². The summed E-state index contributed by atoms with van der Waals surface area (Å²) in [5.41, 5.74) is 2.78. The zero-order valence-electron chi connectivity index (χ0n) is 10.7. The topological polar surface area (TPSA) is 55.1 Å². The van der Waals surface area contributed by atoms with Gasteiger partial charge in [0.25, 0.3) is 0 Å². The molecule has 4 heteroatoms. The third-order valence-corrected chi connectivity index (χ3v) is 2.48. The smallest absolute Gasteiger partial charge is 0.307 e. The maximum Gasteiger partial charge on any atom is 0.307 e. The first-order valence-corrected chi connectivity index (χ1v) is 5.45. The van der Waals surface area contributed by atoms with Crippen LogP contribution in [0, 0.1) is 19.3 Å². The summed E-state index contributed by atoms with van der Waals surface area (Å²) in [4.78, 5) is 10.7. The Morgan fingerprint density at radius 3 is 2.38 bits per heavy atom. The SMILES string of the molecule is Cc1nn(CC(C)(C)C)c(C)c1CC(=O)O. The molecule has 1 aromatic rings. The number of hydrogen-bond acceptors (Lipinski definition) is 2. The van der Waals surface area contributed by atoms with Gasteiger partial charge in [-0.2, -0.15) is 5.10 Å². The van der Waals surface area contributed by atoms with E-state index >= 15 is 0 Å². The predicted octanol–water partition coefficient (Wildman–Crippen LogP) is 2.17. The normalized spacial score (nSPS) is 11.8. The molecule has 0 saturated heterocycles. The van der Waals surface area contributed by atoms with Crippen LogP contribution < -0.4 is 0 Å². The molecule has 1 heterocycles. The molecule has 0 unspecified atom stereocenters. The predicted molar refractivity (Wildman–Crippen MR) is 62.5 cm³/mol. The summed E-state index contributed by atoms with van der Waals surface area (Å²) < 4.78 is 1.91. The molecule has 0 radical (unpaired) electrons. The molecule has 4 nitrogen and oxygen atoms in total. The molecular weight excluding hydrogens is 204 g/mol. The summed E-state index contributed by atoms with van der Waals surface area (Å²) in [7, 11) is 0. The highest BCUT2D eigenvalue weighted by molar-refractivity contribution is 5.70. The zero-order valence-corrected chi connectivity index (χ0v) is 10.7. The second kappa shape index (κ2) is 4.28. The van der Waals surface area contributed by atoms with E-state index in [2.05, 4.69) is 25.9 Å². The fraction of sp³-hybridized carbons (Fsp3) is 0.667. The molecule has 0 aliphatic rings. The minimum atomic E-state index is -0.804. The summed E-state index contributed by atoms with van der Waals surface area (Å²) in [5.74, 6) is -0.804. The first-order chi connectivity index (χ1) is 7.20. The van der Waals surface area contributed by atoms with E-state index in [-0.39, 0.29) is 11.8 Å². The number of nitrogens with zero attached hydrogens (tertiary/aromatic N) is 2. The van der Waals surface area contributed by atoms with Crippen LogP contribution >= 0.6 is 0 Å². The summed E-state index contributed by atoms with van der Waals surface area (Å²) >= 11 is 0. The van der Waals surface area contributed by atoms with E-state index in [0.717, 1.165) is 23.5 Å². The fourth-order valence-corrected chi connectivity index (χ4v) is 1.74. The molecule has 0 atom stereocenters. The lowest BCUT2D eigenvalue weighted by Gasteiger charge is -2.19. The number of rotatable bonds is 3. The van der Waals surface area contributed by atoms with Gasteiger partial charge in [0, 0.05) is 17.8 Å². The molecule has 1 N–H and O–H groups in total. The Labute approximate surface area is 96.3 Å². The highest BCUT2D eigenvalue weighted by atomic mass is 16.4. The average Bonchev–Trinajstić information content (AvgIpc) is 2.29. The lowest BCUT2D eigenvalue weighted by molar-refractivity contribution is -0.136. The van der Waals surface area contributed by atoms with Crippen LogP contribution in [0.3, 0.4) is 0 Å². The molecule has 0 amide bonds. The zero-order chi connectivity index (χ0) is 12.5. The highest BCUT2D eigenvalue weighted by Gasteiger charge is 2.18. The third kappa shape index (κ3) is 3.08. The lowest BCUT2D eigenvalue weighted by Crippen LogP contribution is -2.17. The fourth-order valence-electron chi connectivity index (χ4n) is 1.74. The Balaban J connectivity index is 3.02. The average molecular weight is 224 g/mol. The molecule has 1 rings (SSSR count). The van der Waals surface area contributed by atoms with Crippen LogP contribution in [0.1, 0.15) is 37.7 Å². The minimum absolute atomic E-state index is 0.0574. The van der Waals surface area contributed by atoms with Crippen molar-refractivity contribution in [2.45, 2.75) is 47.6 Å². The molecule has 0 aliphatic carbocycles. The Bertz CT molecular complexity index is 400. The van der Waals surface area contributed by atoms with Gasteiger partial charge < -0.3 is 5.11 Å². The second-order valence-electron chi connectivity index (χ2n) is 5.44. The van der Waals surface area contributed by atoms with Crippen molar-refractivity contribution in [3.8, 4) is 0 Å². The van der Waals surface area contributed by atoms with Crippen molar-refractivity contribution in [1.29, 1.82) is 0 Å². The van der Waals surface area contributed by atoms with Crippen LogP contribution in [0.2, 0.25) is 0 Å². The molecule has 0 spiro atoms. The summed E-state index contributed by atoms with van der Waals surface area (Å²) in [6.07, 6.45) is 0.0574. The van der Waals surface area contributed by atoms with E-state index < -0.39 is 5.97 Å². The molecule has 0 bridgehead atoms. The first-order valence-electron chi connectivity index (χ1n) is 5.45. The molecule has 16 heavy (non-hydrogen) atoms. The van der Waals surface area contributed by atoms with Crippen molar-refractivity contribution in [2.75, 3.05) is 0 Å². The van der Waals surface area contributed by atoms with Gasteiger partial charge in [0.05, 0.1) is 12.1 Å². The Kier molecular flexibility index (Phi) is 3.41. The highest BCUT2D eigenvalue weighted by Crippen LogP contribution is 2.20. The van der Waals surface area contributed by atoms with Gasteiger partial charge in [-0.25, -0.2) is 0 Å². The summed E-state index contributed by atoms with van der Waals surface area (Å²) in [6.45, 7) is 11.0. The largest absolute Gasteiger partial charge is 0.481 e. The maximum atomic E-state index is 10.7. The minimum Gasteiger partial charge on any atom is -0.481 e. The van der Waals surface area contributed by atoms with Crippen LogP contribution in [0.15, 0.2) is 0 Å². The van der Waals surface area contributed by atoms with Crippen LogP contribution in [-0.2, 0) is 17.8 Å². The molecule has 0 fully saturated rings. The number of carboxylic acid groups (broad SMARTS) is 1. The van der Waals surface area contributed by atoms with Crippen molar-refractivity contribution < 1.29 is 9.90 Å². The number of aromatic nitrogens is 2. The number of aryl methyl sites for hydroxylation is 1. The van der Waals surface area contributed by atoms with Gasteiger partial charge in [0.2, 0.25) is 0 Å². The van der Waals surface area contributed by atoms with Gasteiger partial charge in [-0.3, -0.25) is 9.48 Å². The summed E-state index contributed by atoms with van der Waals surface area (Å²) in [5, 5.41) is 13.2. The number of aliphatic carboxylic acids is 1. The quantitative estimate of drug-likeness (QED) is 0.856. The molecule has 0 aromatic carbocycles. The number of hydrogen-bond donors (Lipinski definition) is 1. The van der Waals surface area contributed by atoms with E-state index in [1.54, 1.807) is 0 Å². The standard InChI is InChI=1S/C12H20N2O2/c1-8-10(6-11(15)16)9(2)14(13-8)7-12(3,4)5/h6-7H2,1-5H3,(H,15,16). The lowest BCUT2D eigenvalue weighted by atomic mass is 9.97. The Morgan fingerprint density at radius 1 is 1.38 bits per heavy atom. The molecule has 0 aliphatic heterocycles. The molecular formula is C12H20N2O2. The summed E-state index contributed by atoms with van der Waals surface area (Å²) in [6, 6.07) is 0. The second-order valence-corrected chi connectivity index (χ2v) is 5.44. The van der Waals surface area contributed by atoms with Gasteiger partial charge in [0.15, 0.2) is 0 Å². The third-order valence-electron chi connectivity index (χ3n) is 2.48. The van der Waals surface area contributed by atoms with Gasteiger partial charge in [-0.05, 0) is 19.3 Å². The molecule has 1 aromatic heterocycles. The van der Waals surface area contributed by atoms with Gasteiger partial charge in [-0.1, -0.05) is 20.8 Å². The van der Waals surface area contributed by atoms with Crippen LogP contribution in [0.4, 0.5) is 0 Å². The number of carbonyl (C=O) groups is 1. The van der Waals surface area contributed by atoms with Crippen molar-refractivity contribution in [3.63, 3.8) is 0 Å². The van der Waals surface area contributed by atoms with E-state index in [9.17, 15) is 4.79 Å². The Morgan fingerprint density at radius 2 is 1.94 bits per heavy atom. The van der Waals surface area contributed by atoms with E-state index in [1.165, 1.54) is 0 Å². The van der Waals surface area contributed by atoms with Crippen molar-refractivity contribution >= 4 is 5.97 Å². The van der Waals surface area contributed by atoms with Gasteiger partial charge in [-0.15, -0.1) is 0 Å². The first kappa shape index (κ1) is 12.7. The monoisotopic (exact) mass is 224 g/mol. The Hall–Kier alpha value is -1.32. The van der Waals surface area contributed by atoms with Crippen LogP contribution in [0.5, 0.6) is 0 Å². The van der Waals surface area contributed by atoms with E-state index in [0.29, 0.717) is 0 Å². The van der Waals surface area contributed by atoms with E-state index in [4.69, 9.17) is 5.11 Å². The maximum absolute atomic E-state index is 10.7. The van der Waals surface area contributed by atoms with Gasteiger partial charge in [0.1, 0.15) is 0 Å². The number of carboxylic acids is 1. The van der Waals surface area contributed by atoms with Crippen molar-refractivity contribution in [1.82, 2.24) is 9.78 Å². The van der Waals surface area contributed by atoms with Crippen molar-refractivity contribution in [2.24, 2.45) is 5.41 Å². The van der Waals surface area contributed by atoms with Gasteiger partial charge >= 0.3 is 5.97 Å². The van der Waals surface area contributed by atoms with E-state index in [1.807, 2.05) is 18.5 Å². The molecule has 90 valence electrons. The van der Waals surface area contributed by atoms with Crippen LogP contribution in [0.25, 0.3) is 0 Å².